The topological polar surface area (TPSA) is 157 Å². The Morgan fingerprint density at radius 2 is 1.80 bits per heavy atom. The molecule has 15 nitrogen and oxygen atoms in total. The lowest BCUT2D eigenvalue weighted by Crippen LogP contribution is -2.45. The zero-order chi connectivity index (χ0) is 38.5. The number of fused-ring (bicyclic) bond motifs is 2. The summed E-state index contributed by atoms with van der Waals surface area (Å²) >= 11 is 0. The van der Waals surface area contributed by atoms with Gasteiger partial charge in [-0.15, -0.1) is 0 Å². The number of hydrogen-bond donors (Lipinski definition) is 2. The maximum absolute atomic E-state index is 14.1. The van der Waals surface area contributed by atoms with Crippen LogP contribution in [0.15, 0.2) is 47.8 Å². The van der Waals surface area contributed by atoms with Crippen molar-refractivity contribution < 1.29 is 27.6 Å². The molecule has 3 amide bonds. The Kier molecular flexibility index (Phi) is 9.69. The number of benzene rings is 1. The molecule has 290 valence electrons. The minimum absolute atomic E-state index is 0.0225. The first kappa shape index (κ1) is 36.5. The van der Waals surface area contributed by atoms with Gasteiger partial charge in [0.05, 0.1) is 47.0 Å². The van der Waals surface area contributed by atoms with Crippen LogP contribution in [0.2, 0.25) is 0 Å². The molecule has 2 N–H and O–H groups in total. The first-order valence-electron chi connectivity index (χ1n) is 18.6. The molecular weight excluding hydrogens is 719 g/mol. The van der Waals surface area contributed by atoms with Gasteiger partial charge in [0.25, 0.3) is 12.3 Å². The van der Waals surface area contributed by atoms with Gasteiger partial charge in [0.1, 0.15) is 11.6 Å². The predicted molar refractivity (Wildman–Crippen MR) is 196 cm³/mol. The molecule has 6 heterocycles. The number of alkyl halides is 2. The average Bonchev–Trinajstić information content (AvgIpc) is 3.86. The van der Waals surface area contributed by atoms with Crippen LogP contribution in [-0.4, -0.2) is 88.9 Å². The molecule has 2 saturated heterocycles. The molecule has 1 saturated carbocycles. The standard InChI is InChI=1S/C37H42F3N11O4/c1-46(23-12-14-48(15-13-23)27-4-3-5-28-32(27)47(2)37(55)51(28)29-10-11-30(52)44-36(29)54)18-21-6-8-24(9-7-21)49-20-26(31(45-49)33(39)40)43-35(53)25-17-42-50-19-22(38)16-41-34(25)50/h3-5,16-17,19-21,23-24,29,33H,6-15,18H2,1-2H3,(H,43,53)(H,44,52,54). The number of aromatic nitrogens is 7. The van der Waals surface area contributed by atoms with Crippen molar-refractivity contribution in [2.45, 2.75) is 75.9 Å². The van der Waals surface area contributed by atoms with Gasteiger partial charge >= 0.3 is 5.69 Å². The third kappa shape index (κ3) is 6.87. The summed E-state index contributed by atoms with van der Waals surface area (Å²) < 4.78 is 47.4. The number of carbonyl (C=O) groups excluding carboxylic acids is 3. The molecule has 18 heteroatoms. The molecule has 3 fully saturated rings. The van der Waals surface area contributed by atoms with Gasteiger partial charge in [-0.3, -0.25) is 33.5 Å². The van der Waals surface area contributed by atoms with E-state index in [1.807, 2.05) is 18.2 Å². The number of nitrogens with zero attached hydrogens (tertiary/aromatic N) is 9. The van der Waals surface area contributed by atoms with Crippen LogP contribution in [-0.2, 0) is 16.6 Å². The van der Waals surface area contributed by atoms with Gasteiger partial charge in [-0.2, -0.15) is 10.2 Å². The molecule has 1 atom stereocenters. The number of halogens is 3. The summed E-state index contributed by atoms with van der Waals surface area (Å²) in [5.74, 6) is -1.66. The summed E-state index contributed by atoms with van der Waals surface area (Å²) in [7, 11) is 3.88. The maximum Gasteiger partial charge on any atom is 0.329 e. The highest BCUT2D eigenvalue weighted by Crippen LogP contribution is 2.37. The number of aryl methyl sites for hydroxylation is 1. The number of para-hydroxylation sites is 1. The van der Waals surface area contributed by atoms with Crippen LogP contribution in [0.4, 0.5) is 24.5 Å². The normalized spacial score (nSPS) is 21.3. The largest absolute Gasteiger partial charge is 0.370 e. The van der Waals surface area contributed by atoms with Gasteiger partial charge in [-0.05, 0) is 70.0 Å². The maximum atomic E-state index is 14.1. The van der Waals surface area contributed by atoms with Gasteiger partial charge < -0.3 is 15.1 Å². The molecule has 55 heavy (non-hydrogen) atoms. The number of imide groups is 1. The van der Waals surface area contributed by atoms with Gasteiger partial charge in [-0.25, -0.2) is 27.5 Å². The second kappa shape index (κ2) is 14.6. The summed E-state index contributed by atoms with van der Waals surface area (Å²) in [6.45, 7) is 2.52. The first-order valence-corrected chi connectivity index (χ1v) is 18.6. The van der Waals surface area contributed by atoms with E-state index in [9.17, 15) is 32.3 Å². The van der Waals surface area contributed by atoms with Crippen molar-refractivity contribution in [3.63, 3.8) is 0 Å². The summed E-state index contributed by atoms with van der Waals surface area (Å²) in [5, 5.41) is 13.0. The van der Waals surface area contributed by atoms with Crippen LogP contribution in [0, 0.1) is 11.7 Å². The number of hydrogen-bond acceptors (Lipinski definition) is 9. The lowest BCUT2D eigenvalue weighted by Gasteiger charge is -2.40. The molecule has 1 aromatic carbocycles. The Balaban J connectivity index is 0.867. The molecule has 0 bridgehead atoms. The van der Waals surface area contributed by atoms with Crippen molar-refractivity contribution in [1.82, 2.24) is 43.7 Å². The zero-order valence-electron chi connectivity index (χ0n) is 30.5. The third-order valence-electron chi connectivity index (χ3n) is 11.6. The van der Waals surface area contributed by atoms with E-state index in [1.165, 1.54) is 17.0 Å². The van der Waals surface area contributed by atoms with E-state index in [-0.39, 0.29) is 47.4 Å². The summed E-state index contributed by atoms with van der Waals surface area (Å²) in [6, 6.07) is 5.33. The summed E-state index contributed by atoms with van der Waals surface area (Å²) in [6.07, 6.45) is 7.48. The second-order valence-corrected chi connectivity index (χ2v) is 14.9. The molecule has 2 aliphatic heterocycles. The van der Waals surface area contributed by atoms with Crippen LogP contribution in [0.25, 0.3) is 16.7 Å². The van der Waals surface area contributed by atoms with Crippen LogP contribution in [0.5, 0.6) is 0 Å². The minimum Gasteiger partial charge on any atom is -0.370 e. The van der Waals surface area contributed by atoms with Crippen LogP contribution >= 0.6 is 0 Å². The number of rotatable bonds is 9. The SMILES string of the molecule is CN(CC1CCC(n2cc(NC(=O)c3cnn4cc(F)cnc34)c(C(F)F)n2)CC1)C1CCN(c2cccc3c2n(C)c(=O)n3C2CCC(=O)NC2=O)CC1. The monoisotopic (exact) mass is 761 g/mol. The minimum atomic E-state index is -2.90. The Morgan fingerprint density at radius 1 is 1.04 bits per heavy atom. The van der Waals surface area contributed by atoms with E-state index in [2.05, 4.69) is 42.7 Å². The van der Waals surface area contributed by atoms with Crippen molar-refractivity contribution in [3.8, 4) is 0 Å². The van der Waals surface area contributed by atoms with Gasteiger partial charge in [0.2, 0.25) is 11.8 Å². The fourth-order valence-corrected chi connectivity index (χ4v) is 8.65. The molecule has 8 rings (SSSR count). The number of nitrogens with one attached hydrogen (secondary N) is 2. The number of piperidine rings is 2. The molecule has 4 aromatic heterocycles. The first-order chi connectivity index (χ1) is 26.5. The highest BCUT2D eigenvalue weighted by Gasteiger charge is 2.34. The van der Waals surface area contributed by atoms with E-state index >= 15 is 0 Å². The Morgan fingerprint density at radius 3 is 2.53 bits per heavy atom. The molecule has 0 radical (unpaired) electrons. The highest BCUT2D eigenvalue weighted by atomic mass is 19.3. The molecule has 1 aliphatic carbocycles. The van der Waals surface area contributed by atoms with Crippen LogP contribution in [0.1, 0.15) is 85.9 Å². The fraction of sp³-hybridized carbons (Fsp3) is 0.486. The van der Waals surface area contributed by atoms with Gasteiger partial charge in [0.15, 0.2) is 17.2 Å². The highest BCUT2D eigenvalue weighted by molar-refractivity contribution is 6.08. The van der Waals surface area contributed by atoms with Crippen LogP contribution in [0.3, 0.4) is 0 Å². The molecule has 1 unspecified atom stereocenters. The smallest absolute Gasteiger partial charge is 0.329 e. The van der Waals surface area contributed by atoms with E-state index < -0.39 is 35.8 Å². The summed E-state index contributed by atoms with van der Waals surface area (Å²) in [5.41, 5.74) is 1.64. The summed E-state index contributed by atoms with van der Waals surface area (Å²) in [4.78, 5) is 59.5. The number of amides is 3. The van der Waals surface area contributed by atoms with Gasteiger partial charge in [-0.1, -0.05) is 6.07 Å². The lowest BCUT2D eigenvalue weighted by atomic mass is 9.85. The third-order valence-corrected chi connectivity index (χ3v) is 11.6. The Bertz CT molecular complexity index is 2330. The Hall–Kier alpha value is -5.52. The molecule has 5 aromatic rings. The predicted octanol–water partition coefficient (Wildman–Crippen LogP) is 4.22. The van der Waals surface area contributed by atoms with E-state index in [1.54, 1.807) is 16.3 Å². The van der Waals surface area contributed by atoms with Crippen LogP contribution < -0.4 is 21.2 Å². The number of carbonyl (C=O) groups is 3. The van der Waals surface area contributed by atoms with Crippen molar-refractivity contribution >= 4 is 45.8 Å². The Labute approximate surface area is 313 Å². The van der Waals surface area contributed by atoms with Crippen molar-refractivity contribution in [2.24, 2.45) is 13.0 Å². The fourth-order valence-electron chi connectivity index (χ4n) is 8.65. The van der Waals surface area contributed by atoms with Gasteiger partial charge in [0, 0.05) is 45.3 Å². The number of imidazole rings is 1. The average molecular weight is 762 g/mol. The van der Waals surface area contributed by atoms with E-state index in [0.717, 1.165) is 86.3 Å². The van der Waals surface area contributed by atoms with Crippen molar-refractivity contribution in [2.75, 3.05) is 36.9 Å². The van der Waals surface area contributed by atoms with E-state index in [0.29, 0.717) is 17.5 Å². The zero-order valence-corrected chi connectivity index (χ0v) is 30.5. The molecule has 0 spiro atoms. The van der Waals surface area contributed by atoms with E-state index in [4.69, 9.17) is 0 Å². The second-order valence-electron chi connectivity index (χ2n) is 14.9. The molecule has 3 aliphatic rings. The number of anilines is 2. The quantitative estimate of drug-likeness (QED) is 0.210. The molecular formula is C37H42F3N11O4. The van der Waals surface area contributed by atoms with Crippen molar-refractivity contribution in [1.29, 1.82) is 0 Å². The lowest BCUT2D eigenvalue weighted by molar-refractivity contribution is -0.135. The van der Waals surface area contributed by atoms with Crippen molar-refractivity contribution in [3.05, 3.63) is 70.5 Å².